The van der Waals surface area contributed by atoms with Gasteiger partial charge in [0, 0.05) is 50.9 Å². The number of alkyl halides is 3. The second-order valence-electron chi connectivity index (χ2n) is 7.17. The Hall–Kier alpha value is 0.00325. The number of ether oxygens (including phenoxy) is 4. The van der Waals surface area contributed by atoms with Crippen molar-refractivity contribution in [2.24, 2.45) is 0 Å². The van der Waals surface area contributed by atoms with Crippen molar-refractivity contribution in [2.75, 3.05) is 40.8 Å². The summed E-state index contributed by atoms with van der Waals surface area (Å²) in [6.07, 6.45) is -0.630. The van der Waals surface area contributed by atoms with E-state index < -0.39 is 9.85 Å². The van der Waals surface area contributed by atoms with Gasteiger partial charge in [-0.05, 0) is 6.92 Å². The van der Waals surface area contributed by atoms with Crippen LogP contribution in [0.5, 0.6) is 0 Å². The molecule has 0 spiro atoms. The second kappa shape index (κ2) is 45.0. The van der Waals surface area contributed by atoms with Gasteiger partial charge in [-0.1, -0.05) is 104 Å². The Morgan fingerprint density at radius 2 is 0.917 bits per heavy atom. The van der Waals surface area contributed by atoms with Crippen LogP contribution in [-0.4, -0.2) is 62.0 Å². The molecule has 0 aromatic heterocycles. The zero-order valence-corrected chi connectivity index (χ0v) is 37.7. The summed E-state index contributed by atoms with van der Waals surface area (Å²) in [5.41, 5.74) is 6.34. The van der Waals surface area contributed by atoms with Crippen LogP contribution in [0.2, 0.25) is 0 Å². The topological polar surface area (TPSA) is 169 Å². The molecule has 18 heteroatoms. The maximum Gasteiger partial charge on any atom is 2.00 e. The Labute approximate surface area is 362 Å². The van der Waals surface area contributed by atoms with Gasteiger partial charge < -0.3 is 36.7 Å². The molecule has 0 amide bonds. The molecule has 0 atom stereocenters. The Bertz CT molecular complexity index is 995. The molecule has 0 heterocycles. The van der Waals surface area contributed by atoms with Gasteiger partial charge in [0.05, 0.1) is 0 Å². The van der Waals surface area contributed by atoms with E-state index in [1.54, 1.807) is 52.7 Å². The minimum Gasteiger partial charge on any atom is -0.428 e. The summed E-state index contributed by atoms with van der Waals surface area (Å²) in [5.74, 6) is 0. The zero-order chi connectivity index (χ0) is 35.7. The first-order valence-electron chi connectivity index (χ1n) is 12.2. The largest absolute Gasteiger partial charge is 2.00 e. The molecule has 0 fully saturated rings. The van der Waals surface area contributed by atoms with E-state index in [0.717, 1.165) is 5.69 Å². The second-order valence-corrected chi connectivity index (χ2v) is 19.8. The molecule has 0 saturated heterocycles. The van der Waals surface area contributed by atoms with Gasteiger partial charge in [-0.3, -0.25) is 34.1 Å². The average molecular weight is 1120 g/mol. The number of non-ortho nitro benzene ring substituents is 2. The number of nitrogens with zero attached hydrogens (tertiary/aromatic N) is 2. The van der Waals surface area contributed by atoms with Crippen molar-refractivity contribution in [3.63, 3.8) is 0 Å². The van der Waals surface area contributed by atoms with Gasteiger partial charge in [-0.15, -0.1) is 12.1 Å². The molecular weight excluding hydrogens is 1080 g/mol. The van der Waals surface area contributed by atoms with Crippen LogP contribution in [0.25, 0.3) is 0 Å². The third-order valence-corrected chi connectivity index (χ3v) is 3.62. The molecule has 0 saturated carbocycles. The SMILES string of the molecule is CC(I)(I)I.Nc1cc[c-]cc1.O=[N+]([O-])c1cc[c-]cc1.O=[N+]([O-])c1cc[c-]cc1.[CH2-]C(OC)OC.[CH2-]C(OC)OC.[CH2-]CO.[V+2].[V+2].[V+2]. The molecule has 3 radical (unpaired) electrons. The number of aliphatic hydroxyl groups excluding tert-OH is 1. The summed E-state index contributed by atoms with van der Waals surface area (Å²) in [7, 11) is 6.17. The number of nitro groups is 2. The molecule has 3 N–H and O–H groups in total. The summed E-state index contributed by atoms with van der Waals surface area (Å²) >= 11 is 7.05. The van der Waals surface area contributed by atoms with Crippen molar-refractivity contribution in [3.8, 4) is 0 Å². The smallest absolute Gasteiger partial charge is 0.428 e. The number of rotatable bonds is 6. The van der Waals surface area contributed by atoms with E-state index in [1.807, 2.05) is 0 Å². The van der Waals surface area contributed by atoms with Gasteiger partial charge in [0.25, 0.3) is 0 Å². The predicted molar refractivity (Wildman–Crippen MR) is 203 cm³/mol. The first-order valence-corrected chi connectivity index (χ1v) is 15.4. The first-order chi connectivity index (χ1) is 21.0. The number of benzene rings is 3. The summed E-state index contributed by atoms with van der Waals surface area (Å²) in [6.45, 7) is 12.1. The Morgan fingerprint density at radius 3 is 1.00 bits per heavy atom. The number of methoxy groups -OCH3 is 4. The molecule has 265 valence electrons. The fraction of sp³-hybridized carbons (Fsp3) is 0.300. The summed E-state index contributed by atoms with van der Waals surface area (Å²) in [5, 5.41) is 27.4. The number of halogens is 3. The number of anilines is 1. The molecule has 0 aliphatic carbocycles. The van der Waals surface area contributed by atoms with E-state index in [-0.39, 0.29) is 86.2 Å². The van der Waals surface area contributed by atoms with E-state index in [2.05, 4.69) is 133 Å². The average Bonchev–Trinajstić information content (AvgIpc) is 3.02. The van der Waals surface area contributed by atoms with Crippen LogP contribution in [0.1, 0.15) is 6.92 Å². The molecule has 0 bridgehead atoms. The van der Waals surface area contributed by atoms with Gasteiger partial charge in [-0.25, -0.2) is 0 Å². The third kappa shape index (κ3) is 58.2. The van der Waals surface area contributed by atoms with Crippen LogP contribution >= 0.6 is 67.8 Å². The standard InChI is InChI=1S/2C6H4NO2.C6H6N.2C4H9O2.C2H3I3.C2H5O.3V/c2*8-7(9)6-4-2-1-3-5-6;7-6-4-2-1-3-5-6;2*1-4(5-2)6-3;1-2(3,4)5;1-2-3;;;/h2*2-5H;2-5H,7H2;2*4H,1H2,2-3H3;1H3;3H,1-2H2;;;/q5*-1;;-1;3*+2. The van der Waals surface area contributed by atoms with Gasteiger partial charge in [0.1, 0.15) is -0.565 Å². The normalized spacial score (nSPS) is 8.71. The fourth-order valence-electron chi connectivity index (χ4n) is 1.59. The monoisotopic (exact) mass is 1120 g/mol. The fourth-order valence-corrected chi connectivity index (χ4v) is 1.59. The summed E-state index contributed by atoms with van der Waals surface area (Å²) in [6, 6.07) is 27.1. The van der Waals surface area contributed by atoms with Crippen LogP contribution in [0.4, 0.5) is 17.1 Å². The van der Waals surface area contributed by atoms with Gasteiger partial charge in [-0.2, -0.15) is 54.6 Å². The molecule has 48 heavy (non-hydrogen) atoms. The van der Waals surface area contributed by atoms with Gasteiger partial charge >= 0.3 is 55.7 Å². The van der Waals surface area contributed by atoms with E-state index in [9.17, 15) is 20.2 Å². The quantitative estimate of drug-likeness (QED) is 0.0480. The number of aliphatic hydroxyl groups is 1. The molecule has 3 aromatic rings. The van der Waals surface area contributed by atoms with Crippen LogP contribution in [-0.2, 0) is 74.6 Å². The molecule has 0 aliphatic heterocycles. The Kier molecular flexibility index (Phi) is 59.2. The van der Waals surface area contributed by atoms with Crippen molar-refractivity contribution in [1.82, 2.24) is 0 Å². The van der Waals surface area contributed by atoms with Crippen LogP contribution in [0, 0.1) is 59.2 Å². The number of hydrogen-bond acceptors (Lipinski definition) is 10. The van der Waals surface area contributed by atoms with E-state index in [0.29, 0.717) is -0.565 Å². The number of nitro benzene ring substituents is 2. The van der Waals surface area contributed by atoms with E-state index >= 15 is 0 Å². The van der Waals surface area contributed by atoms with Crippen LogP contribution < -0.4 is 5.73 Å². The van der Waals surface area contributed by atoms with Crippen molar-refractivity contribution < 1.29 is 89.6 Å². The Morgan fingerprint density at radius 1 is 0.729 bits per heavy atom. The van der Waals surface area contributed by atoms with E-state index in [4.69, 9.17) is 10.8 Å². The minimum atomic E-state index is -0.437. The molecule has 0 aliphatic rings. The van der Waals surface area contributed by atoms with E-state index in [1.165, 1.54) is 48.5 Å². The Balaban J connectivity index is -0.0000000826. The number of hydrogen-bond donors (Lipinski definition) is 2. The first kappa shape index (κ1) is 63.1. The minimum absolute atomic E-state index is 0. The van der Waals surface area contributed by atoms with Gasteiger partial charge in [0.2, 0.25) is 0 Å². The number of nitrogens with two attached hydrogens (primary N) is 1. The van der Waals surface area contributed by atoms with Crippen molar-refractivity contribution >= 4 is 84.8 Å². The molecular formula is C30H40I3N3O9V3. The predicted octanol–water partition coefficient (Wildman–Crippen LogP) is 7.51. The van der Waals surface area contributed by atoms with Crippen LogP contribution in [0.3, 0.4) is 0 Å². The maximum atomic E-state index is 9.99. The summed E-state index contributed by atoms with van der Waals surface area (Å²) < 4.78 is 18.7. The third-order valence-electron chi connectivity index (χ3n) is 3.62. The summed E-state index contributed by atoms with van der Waals surface area (Å²) in [4.78, 5) is 19.1. The van der Waals surface area contributed by atoms with Crippen molar-refractivity contribution in [1.29, 1.82) is 0 Å². The zero-order valence-electron chi connectivity index (χ0n) is 27.1. The van der Waals surface area contributed by atoms with Gasteiger partial charge in [0.15, 0.2) is 11.4 Å². The van der Waals surface area contributed by atoms with Crippen molar-refractivity contribution in [3.05, 3.63) is 132 Å². The molecule has 12 nitrogen and oxygen atoms in total. The molecule has 0 unspecified atom stereocenters. The maximum absolute atomic E-state index is 9.99. The van der Waals surface area contributed by atoms with Crippen molar-refractivity contribution in [2.45, 2.75) is 18.9 Å². The molecule has 3 aromatic carbocycles. The molecule has 3 rings (SSSR count). The number of nitrogen functional groups attached to an aromatic ring is 1. The van der Waals surface area contributed by atoms with Crippen LogP contribution in [0.15, 0.2) is 72.8 Å².